The summed E-state index contributed by atoms with van der Waals surface area (Å²) in [4.78, 5) is 0. The van der Waals surface area contributed by atoms with Crippen molar-refractivity contribution in [3.05, 3.63) is 0 Å². The molecule has 0 aromatic carbocycles. The van der Waals surface area contributed by atoms with Gasteiger partial charge in [0.15, 0.2) is 0 Å². The van der Waals surface area contributed by atoms with E-state index in [1.54, 1.807) is 0 Å². The largest absolute Gasteiger partial charge is 0.302 e. The number of rotatable bonds is 0. The highest BCUT2D eigenvalue weighted by Gasteiger charge is 1.35. The molecule has 0 spiro atoms. The summed E-state index contributed by atoms with van der Waals surface area (Å²) in [5, 5.41) is 0. The minimum atomic E-state index is 0. The van der Waals surface area contributed by atoms with Crippen molar-refractivity contribution in [3.8, 4) is 0 Å². The smallest absolute Gasteiger partial charge is 0.226 e. The third kappa shape index (κ3) is 104. The Balaban J connectivity index is -0.0000000105. The van der Waals surface area contributed by atoms with E-state index in [-0.39, 0.29) is 24.8 Å². The summed E-state index contributed by atoms with van der Waals surface area (Å²) in [5.41, 5.74) is 0. The van der Waals surface area contributed by atoms with Crippen LogP contribution in [0.4, 0.5) is 0 Å². The van der Waals surface area contributed by atoms with Crippen molar-refractivity contribution in [2.24, 2.45) is 0 Å². The predicted molar refractivity (Wildman–Crippen MR) is 45.2 cm³/mol. The van der Waals surface area contributed by atoms with Crippen molar-refractivity contribution < 1.29 is 0 Å². The molecule has 0 rings (SSSR count). The summed E-state index contributed by atoms with van der Waals surface area (Å²) in [7, 11) is 3.44. The van der Waals surface area contributed by atoms with E-state index in [2.05, 4.69) is 40.0 Å². The zero-order chi connectivity index (χ0) is 4.71. The summed E-state index contributed by atoms with van der Waals surface area (Å²) in [6.07, 6.45) is 1.25. The van der Waals surface area contributed by atoms with Crippen LogP contribution in [0.1, 0.15) is 20.3 Å². The molecule has 0 amide bonds. The zero-order valence-corrected chi connectivity index (χ0v) is 8.23. The molecule has 2 radical (unpaired) electrons. The standard InChI is InChI=1S/C3H8.Al.2ClH.H2S/c1-3-2;;;;/h3H2,1-2H3;;2*1H;1H2/q;+1;;;/p-1. The third-order valence-corrected chi connectivity index (χ3v) is 0. The fraction of sp³-hybridized carbons (Fsp3) is 1.00. The minimum Gasteiger partial charge on any atom is -0.302 e. The average molecular weight is 177 g/mol. The summed E-state index contributed by atoms with van der Waals surface area (Å²) < 4.78 is 0. The van der Waals surface area contributed by atoms with Crippen LogP contribution in [0.15, 0.2) is 0 Å². The molecule has 0 aliphatic carbocycles. The maximum Gasteiger partial charge on any atom is 0.226 e. The van der Waals surface area contributed by atoms with Crippen LogP contribution in [0, 0.1) is 0 Å². The Morgan fingerprint density at radius 3 is 1.14 bits per heavy atom. The number of halogens is 2. The van der Waals surface area contributed by atoms with Gasteiger partial charge in [0.25, 0.3) is 0 Å². The molecule has 0 nitrogen and oxygen atoms in total. The Morgan fingerprint density at radius 1 is 1.14 bits per heavy atom. The molecule has 0 aromatic heterocycles. The predicted octanol–water partition coefficient (Wildman–Crippen LogP) is 2.26. The number of hydrogen-bond donors (Lipinski definition) is 1. The molecular formula is C3H11AlCl2S. The maximum atomic E-state index is 3.44. The second-order valence-electron chi connectivity index (χ2n) is 0.707. The SMILES string of the molecule is CCC.Cl.Cl.[Al][SH]. The summed E-state index contributed by atoms with van der Waals surface area (Å²) in [5.74, 6) is 0. The second kappa shape index (κ2) is 51.4. The van der Waals surface area contributed by atoms with Crippen molar-refractivity contribution in [1.82, 2.24) is 0 Å². The van der Waals surface area contributed by atoms with Crippen LogP contribution < -0.4 is 0 Å². The Morgan fingerprint density at radius 2 is 1.14 bits per heavy atom. The molecule has 46 valence electrons. The van der Waals surface area contributed by atoms with Gasteiger partial charge in [-0.15, -0.1) is 24.8 Å². The summed E-state index contributed by atoms with van der Waals surface area (Å²) in [6, 6.07) is 0. The molecule has 0 atom stereocenters. The molecule has 0 heterocycles. The van der Waals surface area contributed by atoms with Gasteiger partial charge in [0, 0.05) is 0 Å². The van der Waals surface area contributed by atoms with Crippen LogP contribution in [-0.4, -0.2) is 15.2 Å². The van der Waals surface area contributed by atoms with E-state index >= 15 is 0 Å². The molecule has 0 saturated heterocycles. The maximum absolute atomic E-state index is 3.44. The molecule has 7 heavy (non-hydrogen) atoms. The van der Waals surface area contributed by atoms with E-state index in [0.29, 0.717) is 0 Å². The van der Waals surface area contributed by atoms with Crippen LogP contribution in [0.5, 0.6) is 0 Å². The zero-order valence-electron chi connectivity index (χ0n) is 4.55. The first-order valence-electron chi connectivity index (χ1n) is 1.67. The van der Waals surface area contributed by atoms with Gasteiger partial charge in [0.05, 0.1) is 0 Å². The monoisotopic (exact) mass is 176 g/mol. The van der Waals surface area contributed by atoms with Gasteiger partial charge in [-0.25, -0.2) is 0 Å². The van der Waals surface area contributed by atoms with Crippen molar-refractivity contribution >= 4 is 51.0 Å². The Hall–Kier alpha value is 1.46. The third-order valence-electron chi connectivity index (χ3n) is 0. The molecule has 0 saturated carbocycles. The van der Waals surface area contributed by atoms with Crippen LogP contribution in [0.25, 0.3) is 0 Å². The lowest BCUT2D eigenvalue weighted by Crippen LogP contribution is -1.27. The van der Waals surface area contributed by atoms with E-state index in [0.717, 1.165) is 0 Å². The lowest BCUT2D eigenvalue weighted by Gasteiger charge is -1.48. The van der Waals surface area contributed by atoms with Crippen LogP contribution in [-0.2, 0) is 0 Å². The van der Waals surface area contributed by atoms with Crippen molar-refractivity contribution in [2.45, 2.75) is 20.3 Å². The van der Waals surface area contributed by atoms with E-state index in [9.17, 15) is 0 Å². The highest BCUT2D eigenvalue weighted by molar-refractivity contribution is 8.03. The first-order valence-corrected chi connectivity index (χ1v) is 3.74. The van der Waals surface area contributed by atoms with Gasteiger partial charge in [-0.1, -0.05) is 20.3 Å². The van der Waals surface area contributed by atoms with E-state index in [1.165, 1.54) is 6.42 Å². The first-order chi connectivity index (χ1) is 2.41. The van der Waals surface area contributed by atoms with Gasteiger partial charge in [0.2, 0.25) is 15.2 Å². The van der Waals surface area contributed by atoms with Crippen molar-refractivity contribution in [2.75, 3.05) is 0 Å². The molecule has 0 aliphatic rings. The molecule has 0 unspecified atom stereocenters. The topological polar surface area (TPSA) is 0 Å². The quantitative estimate of drug-likeness (QED) is 0.425. The van der Waals surface area contributed by atoms with Crippen molar-refractivity contribution in [1.29, 1.82) is 0 Å². The fourth-order valence-corrected chi connectivity index (χ4v) is 0. The van der Waals surface area contributed by atoms with Crippen molar-refractivity contribution in [3.63, 3.8) is 0 Å². The fourth-order valence-electron chi connectivity index (χ4n) is 0. The van der Waals surface area contributed by atoms with Gasteiger partial charge in [-0.2, -0.15) is 0 Å². The Bertz CT molecular complexity index is 12.9. The molecule has 4 heteroatoms. The lowest BCUT2D eigenvalue weighted by atomic mass is 10.6. The van der Waals surface area contributed by atoms with Gasteiger partial charge >= 0.3 is 0 Å². The first kappa shape index (κ1) is 23.7. The highest BCUT2D eigenvalue weighted by atomic mass is 35.5. The Labute approximate surface area is 71.1 Å². The normalized spacial score (nSPS) is 3.29. The number of thiol groups is 1. The minimum absolute atomic E-state index is 0. The lowest BCUT2D eigenvalue weighted by molar-refractivity contribution is 1.09. The molecule has 0 fully saturated rings. The average Bonchev–Trinajstić information content (AvgIpc) is 1.46. The number of hydrogen-bond acceptors (Lipinski definition) is 1. The second-order valence-corrected chi connectivity index (χ2v) is 0.707. The summed E-state index contributed by atoms with van der Waals surface area (Å²) in [6.45, 7) is 4.25. The molecule has 0 aliphatic heterocycles. The molecular weight excluding hydrogens is 166 g/mol. The highest BCUT2D eigenvalue weighted by Crippen LogP contribution is 1.56. The van der Waals surface area contributed by atoms with E-state index in [4.69, 9.17) is 0 Å². The van der Waals surface area contributed by atoms with Crippen LogP contribution in [0.3, 0.4) is 0 Å². The van der Waals surface area contributed by atoms with E-state index in [1.807, 2.05) is 0 Å². The van der Waals surface area contributed by atoms with Crippen LogP contribution >= 0.6 is 35.8 Å². The van der Waals surface area contributed by atoms with Gasteiger partial charge in [-0.05, 0) is 0 Å². The molecule has 0 aromatic rings. The van der Waals surface area contributed by atoms with Gasteiger partial charge < -0.3 is 11.0 Å². The summed E-state index contributed by atoms with van der Waals surface area (Å²) >= 11 is 2.11. The van der Waals surface area contributed by atoms with Gasteiger partial charge in [0.1, 0.15) is 0 Å². The molecule has 0 bridgehead atoms. The Kier molecular flexibility index (Phi) is 174. The molecule has 0 N–H and O–H groups in total. The van der Waals surface area contributed by atoms with E-state index < -0.39 is 0 Å². The van der Waals surface area contributed by atoms with Crippen LogP contribution in [0.2, 0.25) is 0 Å². The van der Waals surface area contributed by atoms with Gasteiger partial charge in [-0.3, -0.25) is 0 Å².